The van der Waals surface area contributed by atoms with E-state index in [1.807, 2.05) is 0 Å². The average Bonchev–Trinajstić information content (AvgIpc) is 2.65. The Balaban J connectivity index is 1.77. The molecule has 26 heavy (non-hydrogen) atoms. The van der Waals surface area contributed by atoms with Crippen LogP contribution >= 0.6 is 11.6 Å². The van der Waals surface area contributed by atoms with E-state index in [0.717, 1.165) is 0 Å². The highest BCUT2D eigenvalue weighted by Crippen LogP contribution is 2.23. The standard InChI is InChI=1S/C18H17ClN2O5/c1-25-15-8-7-14(19)9-13(15)10-17(23)26-11-16(22)20-21-18(24)12-5-3-2-4-6-12/h2-9H,10-11H2,1H3,(H,20,22)(H,21,24). The first-order valence-electron chi connectivity index (χ1n) is 7.62. The van der Waals surface area contributed by atoms with E-state index in [-0.39, 0.29) is 6.42 Å². The monoisotopic (exact) mass is 376 g/mol. The number of amides is 2. The number of carbonyl (C=O) groups excluding carboxylic acids is 3. The fraction of sp³-hybridized carbons (Fsp3) is 0.167. The van der Waals surface area contributed by atoms with Gasteiger partial charge in [0.05, 0.1) is 13.5 Å². The number of esters is 1. The van der Waals surface area contributed by atoms with E-state index in [9.17, 15) is 14.4 Å². The van der Waals surface area contributed by atoms with Gasteiger partial charge >= 0.3 is 5.97 Å². The predicted octanol–water partition coefficient (Wildman–Crippen LogP) is 1.90. The van der Waals surface area contributed by atoms with Gasteiger partial charge in [0, 0.05) is 16.1 Å². The lowest BCUT2D eigenvalue weighted by Gasteiger charge is -2.10. The zero-order valence-electron chi connectivity index (χ0n) is 14.0. The van der Waals surface area contributed by atoms with Crippen molar-refractivity contribution in [3.8, 4) is 5.75 Å². The number of hydrazine groups is 1. The summed E-state index contributed by atoms with van der Waals surface area (Å²) in [5, 5.41) is 0.454. The molecule has 0 aromatic heterocycles. The Morgan fingerprint density at radius 1 is 1.04 bits per heavy atom. The summed E-state index contributed by atoms with van der Waals surface area (Å²) in [6.07, 6.45) is -0.104. The maximum atomic E-state index is 11.9. The second-order valence-corrected chi connectivity index (χ2v) is 5.60. The van der Waals surface area contributed by atoms with Crippen molar-refractivity contribution in [2.75, 3.05) is 13.7 Å². The van der Waals surface area contributed by atoms with Crippen molar-refractivity contribution in [1.82, 2.24) is 10.9 Å². The second-order valence-electron chi connectivity index (χ2n) is 5.16. The van der Waals surface area contributed by atoms with Crippen LogP contribution in [-0.4, -0.2) is 31.5 Å². The summed E-state index contributed by atoms with van der Waals surface area (Å²) in [5.41, 5.74) is 5.33. The van der Waals surface area contributed by atoms with E-state index in [4.69, 9.17) is 21.1 Å². The molecule has 0 saturated heterocycles. The van der Waals surface area contributed by atoms with Gasteiger partial charge in [0.15, 0.2) is 6.61 Å². The third kappa shape index (κ3) is 5.78. The first kappa shape index (κ1) is 19.3. The van der Waals surface area contributed by atoms with E-state index < -0.39 is 24.4 Å². The zero-order valence-corrected chi connectivity index (χ0v) is 14.7. The molecule has 0 unspecified atom stereocenters. The van der Waals surface area contributed by atoms with Crippen LogP contribution in [0.4, 0.5) is 0 Å². The third-order valence-corrected chi connectivity index (χ3v) is 3.53. The number of halogens is 1. The summed E-state index contributed by atoms with van der Waals surface area (Å²) in [4.78, 5) is 35.3. The van der Waals surface area contributed by atoms with Crippen molar-refractivity contribution < 1.29 is 23.9 Å². The summed E-state index contributed by atoms with van der Waals surface area (Å²) in [7, 11) is 1.47. The normalized spacial score (nSPS) is 9.92. The molecule has 0 bridgehead atoms. The van der Waals surface area contributed by atoms with Gasteiger partial charge in [-0.25, -0.2) is 0 Å². The number of carbonyl (C=O) groups is 3. The zero-order chi connectivity index (χ0) is 18.9. The molecule has 0 saturated carbocycles. The first-order valence-corrected chi connectivity index (χ1v) is 7.99. The average molecular weight is 377 g/mol. The van der Waals surface area contributed by atoms with Gasteiger partial charge in [0.2, 0.25) is 0 Å². The Hall–Kier alpha value is -3.06. The van der Waals surface area contributed by atoms with Crippen molar-refractivity contribution >= 4 is 29.4 Å². The van der Waals surface area contributed by atoms with Gasteiger partial charge in [-0.3, -0.25) is 25.2 Å². The smallest absolute Gasteiger partial charge is 0.310 e. The molecule has 0 spiro atoms. The maximum absolute atomic E-state index is 11.9. The van der Waals surface area contributed by atoms with Crippen molar-refractivity contribution in [2.45, 2.75) is 6.42 Å². The molecule has 7 nitrogen and oxygen atoms in total. The van der Waals surface area contributed by atoms with Crippen LogP contribution in [0, 0.1) is 0 Å². The highest BCUT2D eigenvalue weighted by Gasteiger charge is 2.13. The van der Waals surface area contributed by atoms with Gasteiger partial charge in [-0.2, -0.15) is 0 Å². The second kappa shape index (κ2) is 9.43. The third-order valence-electron chi connectivity index (χ3n) is 3.29. The fourth-order valence-corrected chi connectivity index (χ4v) is 2.26. The molecular formula is C18H17ClN2O5. The van der Waals surface area contributed by atoms with Crippen LogP contribution in [0.1, 0.15) is 15.9 Å². The van der Waals surface area contributed by atoms with Crippen molar-refractivity contribution in [3.63, 3.8) is 0 Å². The first-order chi connectivity index (χ1) is 12.5. The van der Waals surface area contributed by atoms with E-state index in [1.165, 1.54) is 7.11 Å². The molecule has 0 fully saturated rings. The Morgan fingerprint density at radius 3 is 2.46 bits per heavy atom. The van der Waals surface area contributed by atoms with Crippen LogP contribution in [0.25, 0.3) is 0 Å². The molecule has 0 aliphatic heterocycles. The predicted molar refractivity (Wildman–Crippen MR) is 94.7 cm³/mol. The molecule has 0 heterocycles. The lowest BCUT2D eigenvalue weighted by atomic mass is 10.1. The highest BCUT2D eigenvalue weighted by molar-refractivity contribution is 6.30. The number of hydrogen-bond donors (Lipinski definition) is 2. The van der Waals surface area contributed by atoms with Gasteiger partial charge in [0.1, 0.15) is 5.75 Å². The summed E-state index contributed by atoms with van der Waals surface area (Å²) in [6.45, 7) is -0.531. The fourth-order valence-electron chi connectivity index (χ4n) is 2.06. The van der Waals surface area contributed by atoms with Crippen LogP contribution in [0.2, 0.25) is 5.02 Å². The van der Waals surface area contributed by atoms with E-state index >= 15 is 0 Å². The summed E-state index contributed by atoms with van der Waals surface area (Å²) in [6, 6.07) is 13.2. The van der Waals surface area contributed by atoms with Crippen molar-refractivity contribution in [3.05, 3.63) is 64.7 Å². The van der Waals surface area contributed by atoms with Gasteiger partial charge < -0.3 is 9.47 Å². The van der Waals surface area contributed by atoms with Gasteiger partial charge in [-0.1, -0.05) is 29.8 Å². The van der Waals surface area contributed by atoms with E-state index in [2.05, 4.69) is 10.9 Å². The van der Waals surface area contributed by atoms with Crippen LogP contribution in [-0.2, 0) is 20.7 Å². The quantitative estimate of drug-likeness (QED) is 0.593. The Labute approximate surface area is 155 Å². The molecule has 2 rings (SSSR count). The minimum Gasteiger partial charge on any atom is -0.496 e. The van der Waals surface area contributed by atoms with Gasteiger partial charge in [-0.05, 0) is 30.3 Å². The molecule has 136 valence electrons. The maximum Gasteiger partial charge on any atom is 0.310 e. The molecule has 8 heteroatoms. The molecule has 0 atom stereocenters. The Morgan fingerprint density at radius 2 is 1.77 bits per heavy atom. The number of rotatable bonds is 6. The van der Waals surface area contributed by atoms with E-state index in [1.54, 1.807) is 48.5 Å². The molecule has 2 amide bonds. The van der Waals surface area contributed by atoms with E-state index in [0.29, 0.717) is 21.9 Å². The molecule has 0 aliphatic carbocycles. The number of nitrogens with one attached hydrogen (secondary N) is 2. The molecular weight excluding hydrogens is 360 g/mol. The van der Waals surface area contributed by atoms with Crippen LogP contribution in [0.15, 0.2) is 48.5 Å². The van der Waals surface area contributed by atoms with Crippen LogP contribution in [0.3, 0.4) is 0 Å². The van der Waals surface area contributed by atoms with Crippen molar-refractivity contribution in [2.24, 2.45) is 0 Å². The SMILES string of the molecule is COc1ccc(Cl)cc1CC(=O)OCC(=O)NNC(=O)c1ccccc1. The summed E-state index contributed by atoms with van der Waals surface area (Å²) >= 11 is 5.89. The lowest BCUT2D eigenvalue weighted by molar-refractivity contribution is -0.148. The van der Waals surface area contributed by atoms with Crippen LogP contribution < -0.4 is 15.6 Å². The summed E-state index contributed by atoms with van der Waals surface area (Å²) in [5.74, 6) is -1.28. The molecule has 2 aromatic rings. The van der Waals surface area contributed by atoms with Gasteiger partial charge in [0.25, 0.3) is 11.8 Å². The Bertz CT molecular complexity index is 795. The highest BCUT2D eigenvalue weighted by atomic mass is 35.5. The van der Waals surface area contributed by atoms with Gasteiger partial charge in [-0.15, -0.1) is 0 Å². The minimum atomic E-state index is -0.666. The molecule has 0 aliphatic rings. The van der Waals surface area contributed by atoms with Crippen molar-refractivity contribution in [1.29, 1.82) is 0 Å². The van der Waals surface area contributed by atoms with Crippen LogP contribution in [0.5, 0.6) is 5.75 Å². The number of methoxy groups -OCH3 is 1. The summed E-state index contributed by atoms with van der Waals surface area (Å²) < 4.78 is 10.0. The molecule has 2 aromatic carbocycles. The topological polar surface area (TPSA) is 93.7 Å². The minimum absolute atomic E-state index is 0.104. The molecule has 0 radical (unpaired) electrons. The number of ether oxygens (including phenoxy) is 2. The molecule has 2 N–H and O–H groups in total. The lowest BCUT2D eigenvalue weighted by Crippen LogP contribution is -2.43. The number of benzene rings is 2. The largest absolute Gasteiger partial charge is 0.496 e. The number of hydrogen-bond acceptors (Lipinski definition) is 5. The Kier molecular flexibility index (Phi) is 6.99.